The van der Waals surface area contributed by atoms with Crippen molar-refractivity contribution in [1.82, 2.24) is 24.4 Å². The Labute approximate surface area is 212 Å². The highest BCUT2D eigenvalue weighted by molar-refractivity contribution is 6.28. The van der Waals surface area contributed by atoms with Crippen LogP contribution in [0.5, 0.6) is 0 Å². The summed E-state index contributed by atoms with van der Waals surface area (Å²) >= 11 is 6.27. The van der Waals surface area contributed by atoms with Crippen molar-refractivity contribution in [3.8, 4) is 6.07 Å². The van der Waals surface area contributed by atoms with Crippen LogP contribution in [0.1, 0.15) is 30.5 Å². The van der Waals surface area contributed by atoms with Crippen LogP contribution in [0.2, 0.25) is 5.28 Å². The Bertz CT molecular complexity index is 1370. The number of hydrogen-bond donors (Lipinski definition) is 0. The Hall–Kier alpha value is -3.61. The maximum absolute atomic E-state index is 13.8. The number of rotatable bonds is 5. The first-order chi connectivity index (χ1) is 17.4. The van der Waals surface area contributed by atoms with Crippen molar-refractivity contribution in [2.24, 2.45) is 7.05 Å². The van der Waals surface area contributed by atoms with E-state index in [1.54, 1.807) is 35.2 Å². The Balaban J connectivity index is 1.56. The van der Waals surface area contributed by atoms with E-state index in [1.165, 1.54) is 24.3 Å². The van der Waals surface area contributed by atoms with Gasteiger partial charge in [0.2, 0.25) is 5.28 Å². The summed E-state index contributed by atoms with van der Waals surface area (Å²) in [6.45, 7) is 3.14. The molecule has 2 aromatic heterocycles. The summed E-state index contributed by atoms with van der Waals surface area (Å²) in [6, 6.07) is 14.5. The fourth-order valence-corrected chi connectivity index (χ4v) is 5.16. The molecule has 4 aromatic rings. The second kappa shape index (κ2) is 9.80. The van der Waals surface area contributed by atoms with Gasteiger partial charge in [0.05, 0.1) is 24.9 Å². The lowest BCUT2D eigenvalue weighted by Gasteiger charge is -2.48. The van der Waals surface area contributed by atoms with Crippen LogP contribution in [-0.2, 0) is 7.05 Å². The van der Waals surface area contributed by atoms with Crippen molar-refractivity contribution >= 4 is 28.6 Å². The molecule has 5 rings (SSSR count). The SMILES string of the molecule is C[C@H]1CN(C(c2ccc(F)cc2)c2ccc(F)cc2)[C@H](CC#N)CN1c1nc(Cl)nc2c1ncn2C. The largest absolute Gasteiger partial charge is 0.349 e. The van der Waals surface area contributed by atoms with E-state index in [0.29, 0.717) is 30.1 Å². The van der Waals surface area contributed by atoms with Gasteiger partial charge in [0, 0.05) is 32.2 Å². The van der Waals surface area contributed by atoms with Gasteiger partial charge in [0.15, 0.2) is 17.0 Å². The van der Waals surface area contributed by atoms with Crippen molar-refractivity contribution in [2.75, 3.05) is 18.0 Å². The van der Waals surface area contributed by atoms with E-state index in [-0.39, 0.29) is 41.5 Å². The van der Waals surface area contributed by atoms with E-state index in [2.05, 4.69) is 37.7 Å². The van der Waals surface area contributed by atoms with Crippen molar-refractivity contribution in [3.05, 3.63) is 82.9 Å². The third-order valence-corrected chi connectivity index (χ3v) is 6.87. The molecule has 1 aliphatic heterocycles. The molecule has 7 nitrogen and oxygen atoms in total. The molecule has 1 fully saturated rings. The van der Waals surface area contributed by atoms with Gasteiger partial charge in [-0.3, -0.25) is 4.90 Å². The van der Waals surface area contributed by atoms with Crippen LogP contribution in [0.3, 0.4) is 0 Å². The maximum Gasteiger partial charge on any atom is 0.226 e. The van der Waals surface area contributed by atoms with Gasteiger partial charge in [-0.05, 0) is 53.9 Å². The minimum absolute atomic E-state index is 0.0282. The molecule has 0 spiro atoms. The zero-order chi connectivity index (χ0) is 25.4. The fourth-order valence-electron chi connectivity index (χ4n) is 5.00. The summed E-state index contributed by atoms with van der Waals surface area (Å²) in [5, 5.41) is 9.84. The van der Waals surface area contributed by atoms with Crippen LogP contribution >= 0.6 is 11.6 Å². The number of halogens is 3. The van der Waals surface area contributed by atoms with Crippen molar-refractivity contribution in [1.29, 1.82) is 5.26 Å². The number of hydrogen-bond acceptors (Lipinski definition) is 6. The van der Waals surface area contributed by atoms with Crippen LogP contribution in [0.15, 0.2) is 54.9 Å². The quantitative estimate of drug-likeness (QED) is 0.359. The van der Waals surface area contributed by atoms with E-state index < -0.39 is 0 Å². The summed E-state index contributed by atoms with van der Waals surface area (Å²) in [5.74, 6) is -0.0347. The molecule has 1 aliphatic rings. The topological polar surface area (TPSA) is 73.9 Å². The lowest BCUT2D eigenvalue weighted by molar-refractivity contribution is 0.121. The minimum Gasteiger partial charge on any atom is -0.349 e. The number of benzene rings is 2. The predicted molar refractivity (Wildman–Crippen MR) is 133 cm³/mol. The highest BCUT2D eigenvalue weighted by Crippen LogP contribution is 2.36. The van der Waals surface area contributed by atoms with Gasteiger partial charge < -0.3 is 9.47 Å². The second-order valence-electron chi connectivity index (χ2n) is 9.06. The molecule has 0 aliphatic carbocycles. The molecule has 184 valence electrons. The number of nitrogens with zero attached hydrogens (tertiary/aromatic N) is 7. The molecule has 3 heterocycles. The number of fused-ring (bicyclic) bond motifs is 1. The summed E-state index contributed by atoms with van der Waals surface area (Å²) in [5.41, 5.74) is 3.01. The van der Waals surface area contributed by atoms with Crippen molar-refractivity contribution in [3.63, 3.8) is 0 Å². The highest BCUT2D eigenvalue weighted by Gasteiger charge is 2.38. The van der Waals surface area contributed by atoms with Crippen LogP contribution in [0, 0.1) is 23.0 Å². The molecular formula is C26H24ClF2N7. The summed E-state index contributed by atoms with van der Waals surface area (Å²) in [4.78, 5) is 17.7. The first kappa shape index (κ1) is 24.1. The first-order valence-electron chi connectivity index (χ1n) is 11.6. The van der Waals surface area contributed by atoms with Gasteiger partial charge in [-0.25, -0.2) is 13.8 Å². The molecule has 0 amide bonds. The predicted octanol–water partition coefficient (Wildman–Crippen LogP) is 4.88. The molecule has 0 N–H and O–H groups in total. The lowest BCUT2D eigenvalue weighted by Crippen LogP contribution is -2.58. The van der Waals surface area contributed by atoms with Gasteiger partial charge in [0.1, 0.15) is 11.6 Å². The molecule has 2 atom stereocenters. The number of piperazine rings is 1. The van der Waals surface area contributed by atoms with Gasteiger partial charge in [-0.2, -0.15) is 15.2 Å². The number of aromatic nitrogens is 4. The third kappa shape index (κ3) is 4.50. The molecule has 36 heavy (non-hydrogen) atoms. The molecule has 0 saturated carbocycles. The number of imidazole rings is 1. The first-order valence-corrected chi connectivity index (χ1v) is 12.0. The smallest absolute Gasteiger partial charge is 0.226 e. The molecule has 0 unspecified atom stereocenters. The average Bonchev–Trinajstić information content (AvgIpc) is 3.23. The maximum atomic E-state index is 13.8. The van der Waals surface area contributed by atoms with E-state index in [9.17, 15) is 14.0 Å². The van der Waals surface area contributed by atoms with E-state index >= 15 is 0 Å². The standard InChI is InChI=1S/C26H24ClF2N7/c1-16-13-36(23(17-3-7-19(28)8-4-17)18-5-9-20(29)10-6-18)21(11-12-30)14-35(16)25-22-24(32-26(27)33-25)34(2)15-31-22/h3-10,15-16,21,23H,11,13-14H2,1-2H3/t16-,21+/m0/s1. The molecule has 1 saturated heterocycles. The Morgan fingerprint density at radius 2 is 1.64 bits per heavy atom. The van der Waals surface area contributed by atoms with Crippen LogP contribution in [0.4, 0.5) is 14.6 Å². The molecule has 10 heteroatoms. The van der Waals surface area contributed by atoms with E-state index in [4.69, 9.17) is 11.6 Å². The zero-order valence-electron chi connectivity index (χ0n) is 19.8. The number of anilines is 1. The fraction of sp³-hybridized carbons (Fsp3) is 0.308. The average molecular weight is 508 g/mol. The van der Waals surface area contributed by atoms with Crippen LogP contribution < -0.4 is 4.90 Å². The molecule has 2 aromatic carbocycles. The summed E-state index contributed by atoms with van der Waals surface area (Å²) in [7, 11) is 1.85. The van der Waals surface area contributed by atoms with Gasteiger partial charge >= 0.3 is 0 Å². The monoisotopic (exact) mass is 507 g/mol. The number of nitriles is 1. The minimum atomic E-state index is -0.330. The van der Waals surface area contributed by atoms with Crippen LogP contribution in [0.25, 0.3) is 11.2 Å². The Morgan fingerprint density at radius 3 is 2.22 bits per heavy atom. The Kier molecular flexibility index (Phi) is 6.56. The van der Waals surface area contributed by atoms with Gasteiger partial charge in [0.25, 0.3) is 0 Å². The van der Waals surface area contributed by atoms with Crippen molar-refractivity contribution < 1.29 is 8.78 Å². The second-order valence-corrected chi connectivity index (χ2v) is 9.40. The van der Waals surface area contributed by atoms with Gasteiger partial charge in [-0.1, -0.05) is 24.3 Å². The van der Waals surface area contributed by atoms with Gasteiger partial charge in [-0.15, -0.1) is 0 Å². The van der Waals surface area contributed by atoms with E-state index in [0.717, 1.165) is 11.1 Å². The van der Waals surface area contributed by atoms with Crippen LogP contribution in [-0.4, -0.2) is 49.6 Å². The summed E-state index contributed by atoms with van der Waals surface area (Å²) in [6.07, 6.45) is 1.93. The summed E-state index contributed by atoms with van der Waals surface area (Å²) < 4.78 is 29.3. The normalized spacial score (nSPS) is 18.6. The number of aryl methyl sites for hydroxylation is 1. The zero-order valence-corrected chi connectivity index (χ0v) is 20.6. The Morgan fingerprint density at radius 1 is 1.03 bits per heavy atom. The van der Waals surface area contributed by atoms with Crippen molar-refractivity contribution in [2.45, 2.75) is 31.5 Å². The molecule has 0 radical (unpaired) electrons. The lowest BCUT2D eigenvalue weighted by atomic mass is 9.92. The van der Waals surface area contributed by atoms with E-state index in [1.807, 2.05) is 7.05 Å². The third-order valence-electron chi connectivity index (χ3n) is 6.70. The molecular weight excluding hydrogens is 484 g/mol. The molecule has 0 bridgehead atoms. The highest BCUT2D eigenvalue weighted by atomic mass is 35.5.